The average Bonchev–Trinajstić information content (AvgIpc) is 2.21. The maximum atomic E-state index is 4.38. The van der Waals surface area contributed by atoms with Gasteiger partial charge in [-0.15, -0.1) is 0 Å². The molecule has 0 amide bonds. The molecule has 1 heterocycles. The van der Waals surface area contributed by atoms with Gasteiger partial charge in [0.2, 0.25) is 0 Å². The van der Waals surface area contributed by atoms with Crippen molar-refractivity contribution in [3.05, 3.63) is 22.8 Å². The van der Waals surface area contributed by atoms with Gasteiger partial charge < -0.3 is 4.90 Å². The van der Waals surface area contributed by atoms with E-state index in [1.165, 1.54) is 12.8 Å². The van der Waals surface area contributed by atoms with Gasteiger partial charge in [-0.2, -0.15) is 0 Å². The van der Waals surface area contributed by atoms with E-state index in [-0.39, 0.29) is 0 Å². The number of anilines is 1. The first-order valence-electron chi connectivity index (χ1n) is 5.14. The molecule has 0 spiro atoms. The van der Waals surface area contributed by atoms with Crippen LogP contribution < -0.4 is 4.90 Å². The third-order valence-corrected chi connectivity index (χ3v) is 2.67. The first-order chi connectivity index (χ1) is 6.77. The van der Waals surface area contributed by atoms with Crippen molar-refractivity contribution in [1.29, 1.82) is 0 Å². The summed E-state index contributed by atoms with van der Waals surface area (Å²) in [5.41, 5.74) is 0. The minimum atomic E-state index is 1.02. The fourth-order valence-electron chi connectivity index (χ4n) is 1.34. The van der Waals surface area contributed by atoms with E-state index in [0.29, 0.717) is 0 Å². The number of hydrogen-bond acceptors (Lipinski definition) is 2. The predicted octanol–water partition coefficient (Wildman–Crippen LogP) is 3.47. The van der Waals surface area contributed by atoms with Gasteiger partial charge in [0.1, 0.15) is 5.82 Å². The number of hydrogen-bond donors (Lipinski definition) is 0. The molecule has 0 bridgehead atoms. The quantitative estimate of drug-likeness (QED) is 0.802. The molecule has 0 aliphatic heterocycles. The lowest BCUT2D eigenvalue weighted by Gasteiger charge is -2.21. The molecule has 78 valence electrons. The maximum Gasteiger partial charge on any atom is 0.128 e. The second-order valence-corrected chi connectivity index (χ2v) is 4.18. The molecule has 0 fully saturated rings. The number of aromatic nitrogens is 1. The van der Waals surface area contributed by atoms with Crippen LogP contribution in [0.2, 0.25) is 0 Å². The van der Waals surface area contributed by atoms with E-state index in [1.807, 2.05) is 12.3 Å². The second kappa shape index (κ2) is 6.02. The van der Waals surface area contributed by atoms with Crippen LogP contribution in [0.4, 0.5) is 5.82 Å². The lowest BCUT2D eigenvalue weighted by Crippen LogP contribution is -2.24. The number of rotatable bonds is 5. The zero-order chi connectivity index (χ0) is 10.4. The van der Waals surface area contributed by atoms with Crippen LogP contribution in [0.25, 0.3) is 0 Å². The summed E-state index contributed by atoms with van der Waals surface area (Å²) in [4.78, 5) is 6.68. The Morgan fingerprint density at radius 1 is 1.36 bits per heavy atom. The lowest BCUT2D eigenvalue weighted by atomic mass is 10.3. The molecule has 0 aliphatic rings. The lowest BCUT2D eigenvalue weighted by molar-refractivity contribution is 0.724. The zero-order valence-electron chi connectivity index (χ0n) is 8.83. The van der Waals surface area contributed by atoms with Gasteiger partial charge in [0, 0.05) is 23.8 Å². The van der Waals surface area contributed by atoms with E-state index in [0.717, 1.165) is 23.4 Å². The third-order valence-electron chi connectivity index (χ3n) is 2.20. The van der Waals surface area contributed by atoms with E-state index in [9.17, 15) is 0 Å². The summed E-state index contributed by atoms with van der Waals surface area (Å²) in [5, 5.41) is 0. The fraction of sp³-hybridized carbons (Fsp3) is 0.545. The highest BCUT2D eigenvalue weighted by molar-refractivity contribution is 9.10. The van der Waals surface area contributed by atoms with Gasteiger partial charge in [0.05, 0.1) is 0 Å². The van der Waals surface area contributed by atoms with Crippen LogP contribution in [0.1, 0.15) is 26.7 Å². The van der Waals surface area contributed by atoms with Crippen molar-refractivity contribution in [1.82, 2.24) is 4.98 Å². The van der Waals surface area contributed by atoms with Crippen LogP contribution in [-0.2, 0) is 0 Å². The molecule has 2 nitrogen and oxygen atoms in total. The minimum Gasteiger partial charge on any atom is -0.357 e. The largest absolute Gasteiger partial charge is 0.357 e. The standard InChI is InChI=1S/C11H17BrN2/c1-3-5-8-14(4-2)11-7-6-10(12)9-13-11/h6-7,9H,3-5,8H2,1-2H3. The monoisotopic (exact) mass is 256 g/mol. The summed E-state index contributed by atoms with van der Waals surface area (Å²) in [5.74, 6) is 1.07. The summed E-state index contributed by atoms with van der Waals surface area (Å²) >= 11 is 3.39. The van der Waals surface area contributed by atoms with Gasteiger partial charge >= 0.3 is 0 Å². The van der Waals surface area contributed by atoms with Crippen LogP contribution in [0.3, 0.4) is 0 Å². The summed E-state index contributed by atoms with van der Waals surface area (Å²) in [6, 6.07) is 4.10. The van der Waals surface area contributed by atoms with Crippen molar-refractivity contribution in [2.24, 2.45) is 0 Å². The Bertz CT molecular complexity index is 258. The van der Waals surface area contributed by atoms with Crippen molar-refractivity contribution < 1.29 is 0 Å². The first-order valence-corrected chi connectivity index (χ1v) is 5.93. The molecule has 0 saturated carbocycles. The van der Waals surface area contributed by atoms with Crippen molar-refractivity contribution in [2.75, 3.05) is 18.0 Å². The van der Waals surface area contributed by atoms with Crippen LogP contribution >= 0.6 is 15.9 Å². The molecular weight excluding hydrogens is 240 g/mol. The van der Waals surface area contributed by atoms with Crippen molar-refractivity contribution in [3.8, 4) is 0 Å². The van der Waals surface area contributed by atoms with Gasteiger partial charge in [-0.1, -0.05) is 13.3 Å². The molecule has 0 aliphatic carbocycles. The van der Waals surface area contributed by atoms with E-state index in [1.54, 1.807) is 0 Å². The van der Waals surface area contributed by atoms with Gasteiger partial charge in [-0.3, -0.25) is 0 Å². The van der Waals surface area contributed by atoms with E-state index >= 15 is 0 Å². The van der Waals surface area contributed by atoms with Crippen molar-refractivity contribution in [2.45, 2.75) is 26.7 Å². The van der Waals surface area contributed by atoms with E-state index in [4.69, 9.17) is 0 Å². The molecular formula is C11H17BrN2. The van der Waals surface area contributed by atoms with Crippen LogP contribution in [0.5, 0.6) is 0 Å². The van der Waals surface area contributed by atoms with Gasteiger partial charge in [-0.25, -0.2) is 4.98 Å². The zero-order valence-corrected chi connectivity index (χ0v) is 10.4. The Labute approximate surface area is 94.5 Å². The second-order valence-electron chi connectivity index (χ2n) is 3.27. The average molecular weight is 257 g/mol. The maximum absolute atomic E-state index is 4.38. The molecule has 0 atom stereocenters. The summed E-state index contributed by atoms with van der Waals surface area (Å²) < 4.78 is 1.03. The van der Waals surface area contributed by atoms with Gasteiger partial charge in [-0.05, 0) is 41.4 Å². The van der Waals surface area contributed by atoms with Gasteiger partial charge in [0.15, 0.2) is 0 Å². The fourth-order valence-corrected chi connectivity index (χ4v) is 1.57. The molecule has 0 radical (unpaired) electrons. The molecule has 1 aromatic heterocycles. The number of unbranched alkanes of at least 4 members (excludes halogenated alkanes) is 1. The molecule has 14 heavy (non-hydrogen) atoms. The molecule has 0 saturated heterocycles. The molecule has 1 aromatic rings. The Kier molecular flexibility index (Phi) is 4.94. The minimum absolute atomic E-state index is 1.02. The highest BCUT2D eigenvalue weighted by atomic mass is 79.9. The number of nitrogens with zero attached hydrogens (tertiary/aromatic N) is 2. The Hall–Kier alpha value is -0.570. The molecule has 3 heteroatoms. The molecule has 0 N–H and O–H groups in total. The topological polar surface area (TPSA) is 16.1 Å². The highest BCUT2D eigenvalue weighted by Gasteiger charge is 2.03. The van der Waals surface area contributed by atoms with E-state index < -0.39 is 0 Å². The van der Waals surface area contributed by atoms with Gasteiger partial charge in [0.25, 0.3) is 0 Å². The number of halogens is 1. The normalized spacial score (nSPS) is 10.2. The van der Waals surface area contributed by atoms with Crippen molar-refractivity contribution >= 4 is 21.7 Å². The number of pyridine rings is 1. The third kappa shape index (κ3) is 3.29. The van der Waals surface area contributed by atoms with E-state index in [2.05, 4.69) is 45.7 Å². The summed E-state index contributed by atoms with van der Waals surface area (Å²) in [6.07, 6.45) is 4.31. The summed E-state index contributed by atoms with van der Waals surface area (Å²) in [6.45, 7) is 6.50. The smallest absolute Gasteiger partial charge is 0.128 e. The Morgan fingerprint density at radius 3 is 2.64 bits per heavy atom. The Balaban J connectivity index is 2.64. The molecule has 0 unspecified atom stereocenters. The van der Waals surface area contributed by atoms with Crippen LogP contribution in [0, 0.1) is 0 Å². The van der Waals surface area contributed by atoms with Crippen molar-refractivity contribution in [3.63, 3.8) is 0 Å². The molecule has 1 rings (SSSR count). The van der Waals surface area contributed by atoms with Crippen LogP contribution in [-0.4, -0.2) is 18.1 Å². The Morgan fingerprint density at radius 2 is 2.14 bits per heavy atom. The molecule has 0 aromatic carbocycles. The highest BCUT2D eigenvalue weighted by Crippen LogP contribution is 2.14. The first kappa shape index (κ1) is 11.5. The predicted molar refractivity (Wildman–Crippen MR) is 64.7 cm³/mol. The summed E-state index contributed by atoms with van der Waals surface area (Å²) in [7, 11) is 0. The van der Waals surface area contributed by atoms with Crippen LogP contribution in [0.15, 0.2) is 22.8 Å². The SMILES string of the molecule is CCCCN(CC)c1ccc(Br)cn1.